The fraction of sp³-hybridized carbons (Fsp3) is 0.636. The van der Waals surface area contributed by atoms with Crippen molar-refractivity contribution in [1.29, 1.82) is 0 Å². The predicted octanol–water partition coefficient (Wildman–Crippen LogP) is 1.73. The molecule has 0 saturated heterocycles. The Hall–Kier alpha value is -1.00. The lowest BCUT2D eigenvalue weighted by atomic mass is 10.0. The maximum Gasteiger partial charge on any atom is 0.146 e. The monoisotopic (exact) mass is 208 g/mol. The molecule has 0 amide bonds. The lowest BCUT2D eigenvalue weighted by Crippen LogP contribution is -2.29. The van der Waals surface area contributed by atoms with E-state index in [1.54, 1.807) is 0 Å². The summed E-state index contributed by atoms with van der Waals surface area (Å²) in [6.45, 7) is 6.37. The summed E-state index contributed by atoms with van der Waals surface area (Å²) in [5, 5.41) is 0. The molecule has 0 bridgehead atoms. The quantitative estimate of drug-likeness (QED) is 0.571. The Bertz CT molecular complexity index is 281. The van der Waals surface area contributed by atoms with Crippen LogP contribution in [-0.4, -0.2) is 9.97 Å². The Kier molecular flexibility index (Phi) is 4.65. The van der Waals surface area contributed by atoms with Gasteiger partial charge in [0.15, 0.2) is 0 Å². The second-order valence-corrected chi connectivity index (χ2v) is 4.31. The molecule has 0 aliphatic heterocycles. The van der Waals surface area contributed by atoms with Crippen LogP contribution in [0.2, 0.25) is 0 Å². The van der Waals surface area contributed by atoms with Crippen molar-refractivity contribution in [3.05, 3.63) is 23.8 Å². The van der Waals surface area contributed by atoms with Crippen molar-refractivity contribution in [2.75, 3.05) is 0 Å². The van der Waals surface area contributed by atoms with Gasteiger partial charge in [-0.2, -0.15) is 0 Å². The number of rotatable bonds is 5. The smallest absolute Gasteiger partial charge is 0.146 e. The van der Waals surface area contributed by atoms with Gasteiger partial charge in [0.1, 0.15) is 5.82 Å². The van der Waals surface area contributed by atoms with Crippen LogP contribution in [0.4, 0.5) is 0 Å². The SMILES string of the molecule is Cc1cnc(C(CCC(C)C)NN)nc1. The molecule has 1 heterocycles. The van der Waals surface area contributed by atoms with Gasteiger partial charge >= 0.3 is 0 Å². The van der Waals surface area contributed by atoms with Crippen molar-refractivity contribution >= 4 is 0 Å². The summed E-state index contributed by atoms with van der Waals surface area (Å²) in [6, 6.07) is 0.0630. The highest BCUT2D eigenvalue weighted by molar-refractivity contribution is 5.04. The van der Waals surface area contributed by atoms with Gasteiger partial charge < -0.3 is 0 Å². The minimum absolute atomic E-state index is 0.0630. The molecule has 84 valence electrons. The molecule has 1 aromatic heterocycles. The van der Waals surface area contributed by atoms with Crippen molar-refractivity contribution in [2.45, 2.75) is 39.7 Å². The van der Waals surface area contributed by atoms with Crippen LogP contribution in [-0.2, 0) is 0 Å². The van der Waals surface area contributed by atoms with Crippen LogP contribution in [0.15, 0.2) is 12.4 Å². The molecule has 1 atom stereocenters. The predicted molar refractivity (Wildman–Crippen MR) is 60.9 cm³/mol. The first-order valence-electron chi connectivity index (χ1n) is 5.38. The number of nitrogens with zero attached hydrogens (tertiary/aromatic N) is 2. The van der Waals surface area contributed by atoms with Crippen LogP contribution in [0.3, 0.4) is 0 Å². The van der Waals surface area contributed by atoms with E-state index in [9.17, 15) is 0 Å². The van der Waals surface area contributed by atoms with Crippen LogP contribution in [0.25, 0.3) is 0 Å². The van der Waals surface area contributed by atoms with Gasteiger partial charge in [-0.3, -0.25) is 5.84 Å². The molecule has 4 heteroatoms. The molecule has 0 radical (unpaired) electrons. The molecule has 1 unspecified atom stereocenters. The van der Waals surface area contributed by atoms with Gasteiger partial charge in [0.25, 0.3) is 0 Å². The molecule has 0 aromatic carbocycles. The zero-order valence-corrected chi connectivity index (χ0v) is 9.70. The van der Waals surface area contributed by atoms with Crippen molar-refractivity contribution < 1.29 is 0 Å². The Balaban J connectivity index is 2.61. The van der Waals surface area contributed by atoms with E-state index in [-0.39, 0.29) is 6.04 Å². The summed E-state index contributed by atoms with van der Waals surface area (Å²) in [5.74, 6) is 6.95. The highest BCUT2D eigenvalue weighted by Crippen LogP contribution is 2.16. The summed E-state index contributed by atoms with van der Waals surface area (Å²) in [5.41, 5.74) is 3.84. The van der Waals surface area contributed by atoms with Gasteiger partial charge in [0, 0.05) is 12.4 Å². The number of hydrogen-bond acceptors (Lipinski definition) is 4. The molecule has 15 heavy (non-hydrogen) atoms. The fourth-order valence-corrected chi connectivity index (χ4v) is 1.37. The number of aryl methyl sites for hydroxylation is 1. The highest BCUT2D eigenvalue weighted by Gasteiger charge is 2.12. The van der Waals surface area contributed by atoms with Crippen molar-refractivity contribution in [1.82, 2.24) is 15.4 Å². The average Bonchev–Trinajstić information content (AvgIpc) is 2.21. The lowest BCUT2D eigenvalue weighted by molar-refractivity contribution is 0.433. The molecule has 0 aliphatic rings. The largest absolute Gasteiger partial charge is 0.271 e. The molecular weight excluding hydrogens is 188 g/mol. The maximum atomic E-state index is 5.50. The summed E-state index contributed by atoms with van der Waals surface area (Å²) in [7, 11) is 0. The van der Waals surface area contributed by atoms with E-state index in [2.05, 4.69) is 29.2 Å². The third-order valence-corrected chi connectivity index (χ3v) is 2.35. The third-order valence-electron chi connectivity index (χ3n) is 2.35. The van der Waals surface area contributed by atoms with Crippen LogP contribution in [0.1, 0.15) is 44.1 Å². The van der Waals surface area contributed by atoms with Gasteiger partial charge in [0.05, 0.1) is 6.04 Å². The average molecular weight is 208 g/mol. The summed E-state index contributed by atoms with van der Waals surface area (Å²) >= 11 is 0. The molecule has 0 aliphatic carbocycles. The molecular formula is C11H20N4. The standard InChI is InChI=1S/C11H20N4/c1-8(2)4-5-10(15-12)11-13-6-9(3)7-14-11/h6-8,10,15H,4-5,12H2,1-3H3. The molecule has 0 saturated carbocycles. The fourth-order valence-electron chi connectivity index (χ4n) is 1.37. The number of nitrogens with one attached hydrogen (secondary N) is 1. The van der Waals surface area contributed by atoms with Gasteiger partial charge in [-0.15, -0.1) is 0 Å². The van der Waals surface area contributed by atoms with E-state index in [1.807, 2.05) is 19.3 Å². The Morgan fingerprint density at radius 2 is 1.87 bits per heavy atom. The highest BCUT2D eigenvalue weighted by atomic mass is 15.2. The summed E-state index contributed by atoms with van der Waals surface area (Å²) in [6.07, 6.45) is 5.73. The Morgan fingerprint density at radius 1 is 1.27 bits per heavy atom. The normalized spacial score (nSPS) is 13.1. The minimum Gasteiger partial charge on any atom is -0.271 e. The number of nitrogens with two attached hydrogens (primary N) is 1. The van der Waals surface area contributed by atoms with Crippen LogP contribution < -0.4 is 11.3 Å². The van der Waals surface area contributed by atoms with Gasteiger partial charge in [-0.05, 0) is 31.2 Å². The van der Waals surface area contributed by atoms with E-state index < -0.39 is 0 Å². The molecule has 0 fully saturated rings. The lowest BCUT2D eigenvalue weighted by Gasteiger charge is -2.15. The van der Waals surface area contributed by atoms with Crippen molar-refractivity contribution in [3.63, 3.8) is 0 Å². The van der Waals surface area contributed by atoms with E-state index in [0.717, 1.165) is 24.2 Å². The van der Waals surface area contributed by atoms with Crippen LogP contribution in [0, 0.1) is 12.8 Å². The first-order valence-corrected chi connectivity index (χ1v) is 5.38. The third kappa shape index (κ3) is 3.93. The number of aromatic nitrogens is 2. The van der Waals surface area contributed by atoms with Crippen molar-refractivity contribution in [3.8, 4) is 0 Å². The minimum atomic E-state index is 0.0630. The first-order chi connectivity index (χ1) is 7.13. The summed E-state index contributed by atoms with van der Waals surface area (Å²) < 4.78 is 0. The maximum absolute atomic E-state index is 5.50. The second-order valence-electron chi connectivity index (χ2n) is 4.31. The Labute approximate surface area is 91.3 Å². The zero-order chi connectivity index (χ0) is 11.3. The summed E-state index contributed by atoms with van der Waals surface area (Å²) in [4.78, 5) is 8.55. The zero-order valence-electron chi connectivity index (χ0n) is 9.70. The van der Waals surface area contributed by atoms with Crippen molar-refractivity contribution in [2.24, 2.45) is 11.8 Å². The van der Waals surface area contributed by atoms with E-state index in [4.69, 9.17) is 5.84 Å². The van der Waals surface area contributed by atoms with Gasteiger partial charge in [-0.1, -0.05) is 13.8 Å². The molecule has 1 aromatic rings. The van der Waals surface area contributed by atoms with E-state index in [0.29, 0.717) is 5.92 Å². The molecule has 1 rings (SSSR count). The second kappa shape index (κ2) is 5.78. The number of hydrogen-bond donors (Lipinski definition) is 2. The topological polar surface area (TPSA) is 63.8 Å². The molecule has 4 nitrogen and oxygen atoms in total. The Morgan fingerprint density at radius 3 is 2.33 bits per heavy atom. The molecule has 3 N–H and O–H groups in total. The van der Waals surface area contributed by atoms with Gasteiger partial charge in [0.2, 0.25) is 0 Å². The van der Waals surface area contributed by atoms with E-state index >= 15 is 0 Å². The first kappa shape index (κ1) is 12.1. The number of hydrazine groups is 1. The van der Waals surface area contributed by atoms with Crippen LogP contribution >= 0.6 is 0 Å². The van der Waals surface area contributed by atoms with Gasteiger partial charge in [-0.25, -0.2) is 15.4 Å². The molecule has 0 spiro atoms. The van der Waals surface area contributed by atoms with Crippen LogP contribution in [0.5, 0.6) is 0 Å². The van der Waals surface area contributed by atoms with E-state index in [1.165, 1.54) is 0 Å².